The molecule has 4 nitrogen and oxygen atoms in total. The molecule has 0 amide bonds. The number of nitrogens with zero attached hydrogens (tertiary/aromatic N) is 1. The fraction of sp³-hybridized carbons (Fsp3) is 0.188. The van der Waals surface area contributed by atoms with E-state index in [1.165, 1.54) is 6.07 Å². The lowest BCUT2D eigenvalue weighted by Crippen LogP contribution is -2.10. The molecular weight excluding hydrogens is 318 g/mol. The van der Waals surface area contributed by atoms with Crippen molar-refractivity contribution in [1.82, 2.24) is 0 Å². The molecule has 1 N–H and O–H groups in total. The predicted molar refractivity (Wildman–Crippen MR) is 89.0 cm³/mol. The molecule has 22 heavy (non-hydrogen) atoms. The zero-order valence-electron chi connectivity index (χ0n) is 12.0. The van der Waals surface area contributed by atoms with E-state index in [9.17, 15) is 13.0 Å². The first-order chi connectivity index (χ1) is 10.4. The van der Waals surface area contributed by atoms with Crippen LogP contribution in [0, 0.1) is 6.92 Å². The number of aliphatic imine (C=N–C) groups is 1. The largest absolute Gasteiger partial charge is 0.296 e. The number of rotatable bonds is 2. The molecule has 0 spiro atoms. The summed E-state index contributed by atoms with van der Waals surface area (Å²) in [5.41, 5.74) is 3.31. The maximum absolute atomic E-state index is 11.5. The minimum absolute atomic E-state index is 0.157. The minimum atomic E-state index is -4.28. The molecule has 3 rings (SSSR count). The summed E-state index contributed by atoms with van der Waals surface area (Å²) in [6, 6.07) is 12.4. The van der Waals surface area contributed by atoms with Crippen LogP contribution in [0.25, 0.3) is 0 Å². The van der Waals surface area contributed by atoms with Gasteiger partial charge in [-0.1, -0.05) is 23.8 Å². The summed E-state index contributed by atoms with van der Waals surface area (Å²) in [5, 5.41) is 0. The molecule has 0 bridgehead atoms. The molecular formula is C16H15NO3S2. The zero-order chi connectivity index (χ0) is 15.7. The lowest BCUT2D eigenvalue weighted by molar-refractivity contribution is 0.483. The van der Waals surface area contributed by atoms with E-state index in [0.29, 0.717) is 0 Å². The van der Waals surface area contributed by atoms with Gasteiger partial charge in [-0.15, -0.1) is 11.8 Å². The molecule has 0 saturated heterocycles. The molecule has 0 saturated carbocycles. The lowest BCUT2D eigenvalue weighted by Gasteiger charge is -2.18. The standard InChI is InChI=1S/C16H15NO3S2/c1-11-6-7-15-12(10-11)13(8-9-21-15)17-14-4-2-3-5-16(14)22(18,19)20/h2-7,10H,8-9H2,1H3,(H,18,19,20). The molecule has 0 aromatic heterocycles. The van der Waals surface area contributed by atoms with E-state index in [1.54, 1.807) is 30.0 Å². The average molecular weight is 333 g/mol. The Labute approximate surface area is 134 Å². The Morgan fingerprint density at radius 3 is 2.73 bits per heavy atom. The molecule has 6 heteroatoms. The van der Waals surface area contributed by atoms with Crippen molar-refractivity contribution in [3.63, 3.8) is 0 Å². The van der Waals surface area contributed by atoms with E-state index in [0.717, 1.165) is 33.9 Å². The van der Waals surface area contributed by atoms with E-state index >= 15 is 0 Å². The first kappa shape index (κ1) is 15.3. The van der Waals surface area contributed by atoms with Crippen molar-refractivity contribution in [2.24, 2.45) is 4.99 Å². The molecule has 1 heterocycles. The van der Waals surface area contributed by atoms with Crippen molar-refractivity contribution in [3.8, 4) is 0 Å². The van der Waals surface area contributed by atoms with Crippen molar-refractivity contribution >= 4 is 33.3 Å². The van der Waals surface area contributed by atoms with Gasteiger partial charge in [-0.3, -0.25) is 9.55 Å². The Bertz CT molecular complexity index is 857. The monoisotopic (exact) mass is 333 g/mol. The number of thioether (sulfide) groups is 1. The van der Waals surface area contributed by atoms with Crippen molar-refractivity contribution in [1.29, 1.82) is 0 Å². The van der Waals surface area contributed by atoms with Gasteiger partial charge in [0.1, 0.15) is 4.90 Å². The van der Waals surface area contributed by atoms with Crippen LogP contribution in [0.4, 0.5) is 5.69 Å². The molecule has 114 valence electrons. The Morgan fingerprint density at radius 1 is 1.18 bits per heavy atom. The molecule has 2 aromatic rings. The van der Waals surface area contributed by atoms with Gasteiger partial charge in [0.25, 0.3) is 10.1 Å². The number of benzene rings is 2. The second-order valence-electron chi connectivity index (χ2n) is 5.10. The molecule has 0 fully saturated rings. The zero-order valence-corrected chi connectivity index (χ0v) is 13.6. The Kier molecular flexibility index (Phi) is 4.08. The first-order valence-corrected chi connectivity index (χ1v) is 9.25. The molecule has 0 aliphatic carbocycles. The van der Waals surface area contributed by atoms with Crippen LogP contribution in [0.1, 0.15) is 17.5 Å². The van der Waals surface area contributed by atoms with Crippen LogP contribution in [0.15, 0.2) is 57.2 Å². The Morgan fingerprint density at radius 2 is 1.95 bits per heavy atom. The van der Waals surface area contributed by atoms with E-state index in [-0.39, 0.29) is 10.6 Å². The molecule has 1 aliphatic rings. The molecule has 0 atom stereocenters. The fourth-order valence-corrected chi connectivity index (χ4v) is 4.06. The highest BCUT2D eigenvalue weighted by Gasteiger charge is 2.19. The summed E-state index contributed by atoms with van der Waals surface area (Å²) in [6.45, 7) is 2.02. The quantitative estimate of drug-likeness (QED) is 0.848. The topological polar surface area (TPSA) is 66.7 Å². The van der Waals surface area contributed by atoms with Crippen LogP contribution in [0.2, 0.25) is 0 Å². The summed E-state index contributed by atoms with van der Waals surface area (Å²) in [4.78, 5) is 5.53. The molecule has 0 radical (unpaired) electrons. The third kappa shape index (κ3) is 3.09. The third-order valence-electron chi connectivity index (χ3n) is 3.44. The maximum Gasteiger partial charge on any atom is 0.296 e. The van der Waals surface area contributed by atoms with E-state index < -0.39 is 10.1 Å². The first-order valence-electron chi connectivity index (χ1n) is 6.83. The normalized spacial score (nSPS) is 16.5. The Balaban J connectivity index is 2.15. The van der Waals surface area contributed by atoms with Gasteiger partial charge in [0, 0.05) is 16.2 Å². The van der Waals surface area contributed by atoms with E-state index in [1.807, 2.05) is 6.92 Å². The van der Waals surface area contributed by atoms with Gasteiger partial charge < -0.3 is 0 Å². The predicted octanol–water partition coefficient (Wildman–Crippen LogP) is 3.86. The lowest BCUT2D eigenvalue weighted by atomic mass is 10.0. The van der Waals surface area contributed by atoms with Crippen LogP contribution in [-0.4, -0.2) is 24.4 Å². The third-order valence-corrected chi connectivity index (χ3v) is 5.42. The second-order valence-corrected chi connectivity index (χ2v) is 7.63. The van der Waals surface area contributed by atoms with E-state index in [4.69, 9.17) is 0 Å². The minimum Gasteiger partial charge on any atom is -0.282 e. The van der Waals surface area contributed by atoms with Gasteiger partial charge in [-0.2, -0.15) is 8.42 Å². The average Bonchev–Trinajstić information content (AvgIpc) is 2.47. The van der Waals surface area contributed by atoms with Crippen molar-refractivity contribution in [2.45, 2.75) is 23.1 Å². The number of fused-ring (bicyclic) bond motifs is 1. The van der Waals surface area contributed by atoms with Crippen LogP contribution in [0.3, 0.4) is 0 Å². The van der Waals surface area contributed by atoms with Gasteiger partial charge in [0.05, 0.1) is 11.4 Å². The summed E-state index contributed by atoms with van der Waals surface area (Å²) >= 11 is 1.77. The van der Waals surface area contributed by atoms with E-state index in [2.05, 4.69) is 23.2 Å². The highest BCUT2D eigenvalue weighted by Crippen LogP contribution is 2.33. The van der Waals surface area contributed by atoms with Crippen LogP contribution in [-0.2, 0) is 10.1 Å². The number of para-hydroxylation sites is 1. The number of hydrogen-bond acceptors (Lipinski definition) is 4. The van der Waals surface area contributed by atoms with Gasteiger partial charge in [-0.05, 0) is 37.6 Å². The van der Waals surface area contributed by atoms with Gasteiger partial charge in [-0.25, -0.2) is 0 Å². The van der Waals surface area contributed by atoms with Crippen LogP contribution < -0.4 is 0 Å². The number of hydrogen-bond donors (Lipinski definition) is 1. The molecule has 0 unspecified atom stereocenters. The summed E-state index contributed by atoms with van der Waals surface area (Å²) in [7, 11) is -4.28. The number of aryl methyl sites for hydroxylation is 1. The molecule has 2 aromatic carbocycles. The summed E-state index contributed by atoms with van der Waals surface area (Å²) in [5.74, 6) is 0.906. The Hall–Kier alpha value is -1.63. The van der Waals surface area contributed by atoms with Gasteiger partial charge >= 0.3 is 0 Å². The smallest absolute Gasteiger partial charge is 0.282 e. The second kappa shape index (κ2) is 5.87. The van der Waals surface area contributed by atoms with Crippen molar-refractivity contribution < 1.29 is 13.0 Å². The van der Waals surface area contributed by atoms with Crippen LogP contribution in [0.5, 0.6) is 0 Å². The van der Waals surface area contributed by atoms with Crippen molar-refractivity contribution in [3.05, 3.63) is 53.6 Å². The van der Waals surface area contributed by atoms with Gasteiger partial charge in [0.2, 0.25) is 0 Å². The van der Waals surface area contributed by atoms with Crippen LogP contribution >= 0.6 is 11.8 Å². The highest BCUT2D eigenvalue weighted by molar-refractivity contribution is 7.99. The SMILES string of the molecule is Cc1ccc2c(c1)C(=Nc1ccccc1S(=O)(=O)O)CCS2. The molecule has 1 aliphatic heterocycles. The highest BCUT2D eigenvalue weighted by atomic mass is 32.2. The summed E-state index contributed by atoms with van der Waals surface area (Å²) < 4.78 is 32.3. The van der Waals surface area contributed by atoms with Gasteiger partial charge in [0.15, 0.2) is 0 Å². The summed E-state index contributed by atoms with van der Waals surface area (Å²) in [6.07, 6.45) is 0.765. The van der Waals surface area contributed by atoms with Crippen molar-refractivity contribution in [2.75, 3.05) is 5.75 Å². The fourth-order valence-electron chi connectivity index (χ4n) is 2.42. The maximum atomic E-state index is 11.5.